The fourth-order valence-electron chi connectivity index (χ4n) is 1.37. The van der Waals surface area contributed by atoms with E-state index in [-0.39, 0.29) is 16.7 Å². The van der Waals surface area contributed by atoms with E-state index in [1.54, 1.807) is 0 Å². The van der Waals surface area contributed by atoms with Crippen molar-refractivity contribution in [1.82, 2.24) is 4.98 Å². The number of hydrogen-bond donors (Lipinski definition) is 2. The average Bonchev–Trinajstić information content (AvgIpc) is 2.34. The molecule has 1 aromatic carbocycles. The van der Waals surface area contributed by atoms with E-state index < -0.39 is 5.82 Å². The molecule has 0 aliphatic rings. The highest BCUT2D eigenvalue weighted by Gasteiger charge is 2.08. The van der Waals surface area contributed by atoms with Crippen LogP contribution in [0.15, 0.2) is 36.5 Å². The minimum atomic E-state index is -0.539. The molecular weight excluding hydrogens is 257 g/mol. The van der Waals surface area contributed by atoms with Crippen LogP contribution in [0.25, 0.3) is 0 Å². The summed E-state index contributed by atoms with van der Waals surface area (Å²) in [5.41, 5.74) is 6.24. The van der Waals surface area contributed by atoms with Gasteiger partial charge in [-0.1, -0.05) is 11.6 Å². The molecule has 0 unspecified atom stereocenters. The summed E-state index contributed by atoms with van der Waals surface area (Å²) in [5.74, 6) is -0.658. The maximum Gasteiger partial charge on any atom is 0.255 e. The first-order valence-corrected chi connectivity index (χ1v) is 5.42. The Kier molecular flexibility index (Phi) is 3.43. The van der Waals surface area contributed by atoms with E-state index in [0.717, 1.165) is 0 Å². The van der Waals surface area contributed by atoms with Gasteiger partial charge in [-0.2, -0.15) is 0 Å². The SMILES string of the molecule is Nc1cc(C(=O)Nc2ccc(F)c(Cl)c2)ccn1. The number of amides is 1. The number of halogens is 2. The Morgan fingerprint density at radius 1 is 1.33 bits per heavy atom. The molecule has 1 amide bonds. The van der Waals surface area contributed by atoms with E-state index in [2.05, 4.69) is 10.3 Å². The molecule has 4 nitrogen and oxygen atoms in total. The summed E-state index contributed by atoms with van der Waals surface area (Å²) in [4.78, 5) is 15.6. The number of nitrogen functional groups attached to an aromatic ring is 1. The van der Waals surface area contributed by atoms with Crippen LogP contribution in [0.1, 0.15) is 10.4 Å². The molecule has 0 saturated heterocycles. The molecule has 0 bridgehead atoms. The lowest BCUT2D eigenvalue weighted by Gasteiger charge is -2.06. The molecule has 92 valence electrons. The third-order valence-electron chi connectivity index (χ3n) is 2.22. The Morgan fingerprint density at radius 3 is 2.78 bits per heavy atom. The lowest BCUT2D eigenvalue weighted by Crippen LogP contribution is -2.12. The first-order chi connectivity index (χ1) is 8.56. The number of benzene rings is 1. The topological polar surface area (TPSA) is 68.0 Å². The highest BCUT2D eigenvalue weighted by atomic mass is 35.5. The van der Waals surface area contributed by atoms with Crippen LogP contribution in [0.2, 0.25) is 5.02 Å². The maximum absolute atomic E-state index is 12.9. The first-order valence-electron chi connectivity index (χ1n) is 5.04. The predicted molar refractivity (Wildman–Crippen MR) is 68.0 cm³/mol. The van der Waals surface area contributed by atoms with Gasteiger partial charge >= 0.3 is 0 Å². The van der Waals surface area contributed by atoms with Crippen molar-refractivity contribution < 1.29 is 9.18 Å². The molecule has 0 saturated carbocycles. The maximum atomic E-state index is 12.9. The zero-order valence-corrected chi connectivity index (χ0v) is 9.91. The average molecular weight is 266 g/mol. The molecule has 1 heterocycles. The Morgan fingerprint density at radius 2 is 2.11 bits per heavy atom. The molecule has 0 radical (unpaired) electrons. The van der Waals surface area contributed by atoms with Crippen LogP contribution < -0.4 is 11.1 Å². The van der Waals surface area contributed by atoms with Crippen LogP contribution in [0, 0.1) is 5.82 Å². The Hall–Kier alpha value is -2.14. The summed E-state index contributed by atoms with van der Waals surface area (Å²) in [6.45, 7) is 0. The molecule has 6 heteroatoms. The Bertz CT molecular complexity index is 604. The van der Waals surface area contributed by atoms with Crippen LogP contribution in [0.3, 0.4) is 0 Å². The summed E-state index contributed by atoms with van der Waals surface area (Å²) in [5, 5.41) is 2.53. The van der Waals surface area contributed by atoms with Gasteiger partial charge in [0.2, 0.25) is 0 Å². The lowest BCUT2D eigenvalue weighted by molar-refractivity contribution is 0.102. The number of hydrogen-bond acceptors (Lipinski definition) is 3. The number of anilines is 2. The van der Waals surface area contributed by atoms with Crippen molar-refractivity contribution in [2.24, 2.45) is 0 Å². The van der Waals surface area contributed by atoms with E-state index in [0.29, 0.717) is 11.3 Å². The van der Waals surface area contributed by atoms with Gasteiger partial charge in [-0.3, -0.25) is 4.79 Å². The molecule has 2 aromatic rings. The third kappa shape index (κ3) is 2.75. The van der Waals surface area contributed by atoms with Crippen molar-refractivity contribution in [3.05, 3.63) is 52.9 Å². The van der Waals surface area contributed by atoms with Crippen molar-refractivity contribution in [3.8, 4) is 0 Å². The molecule has 0 fully saturated rings. The van der Waals surface area contributed by atoms with Crippen molar-refractivity contribution in [2.75, 3.05) is 11.1 Å². The van der Waals surface area contributed by atoms with E-state index in [4.69, 9.17) is 17.3 Å². The Balaban J connectivity index is 2.18. The Labute approximate surface area is 108 Å². The zero-order chi connectivity index (χ0) is 13.1. The summed E-state index contributed by atoms with van der Waals surface area (Å²) >= 11 is 5.61. The largest absolute Gasteiger partial charge is 0.384 e. The number of carbonyl (C=O) groups excluding carboxylic acids is 1. The second-order valence-electron chi connectivity index (χ2n) is 3.55. The van der Waals surface area contributed by atoms with Gasteiger partial charge in [0.15, 0.2) is 0 Å². The van der Waals surface area contributed by atoms with Gasteiger partial charge < -0.3 is 11.1 Å². The summed E-state index contributed by atoms with van der Waals surface area (Å²) in [7, 11) is 0. The van der Waals surface area contributed by atoms with Gasteiger partial charge in [0.1, 0.15) is 11.6 Å². The molecular formula is C12H9ClFN3O. The molecule has 0 aliphatic heterocycles. The monoisotopic (exact) mass is 265 g/mol. The predicted octanol–water partition coefficient (Wildman–Crippen LogP) is 2.71. The second kappa shape index (κ2) is 5.01. The lowest BCUT2D eigenvalue weighted by atomic mass is 10.2. The van der Waals surface area contributed by atoms with E-state index >= 15 is 0 Å². The van der Waals surface area contributed by atoms with Gasteiger partial charge in [-0.05, 0) is 30.3 Å². The normalized spacial score (nSPS) is 10.1. The van der Waals surface area contributed by atoms with Crippen LogP contribution in [0.4, 0.5) is 15.9 Å². The van der Waals surface area contributed by atoms with Gasteiger partial charge in [0, 0.05) is 17.4 Å². The quantitative estimate of drug-likeness (QED) is 0.877. The van der Waals surface area contributed by atoms with Crippen LogP contribution in [-0.4, -0.2) is 10.9 Å². The summed E-state index contributed by atoms with van der Waals surface area (Å²) < 4.78 is 12.9. The van der Waals surface area contributed by atoms with Gasteiger partial charge in [0.05, 0.1) is 5.02 Å². The molecule has 2 rings (SSSR count). The van der Waals surface area contributed by atoms with Gasteiger partial charge in [0.25, 0.3) is 5.91 Å². The highest BCUT2D eigenvalue weighted by molar-refractivity contribution is 6.31. The number of pyridine rings is 1. The molecule has 0 aliphatic carbocycles. The van der Waals surface area contributed by atoms with Crippen LogP contribution in [-0.2, 0) is 0 Å². The molecule has 1 aromatic heterocycles. The van der Waals surface area contributed by atoms with Crippen LogP contribution >= 0.6 is 11.6 Å². The minimum Gasteiger partial charge on any atom is -0.384 e. The van der Waals surface area contributed by atoms with Crippen molar-refractivity contribution >= 4 is 29.0 Å². The zero-order valence-electron chi connectivity index (χ0n) is 9.15. The fourth-order valence-corrected chi connectivity index (χ4v) is 1.55. The number of nitrogens with one attached hydrogen (secondary N) is 1. The first kappa shape index (κ1) is 12.3. The van der Waals surface area contributed by atoms with E-state index in [1.165, 1.54) is 36.5 Å². The number of aromatic nitrogens is 1. The third-order valence-corrected chi connectivity index (χ3v) is 2.51. The van der Waals surface area contributed by atoms with E-state index in [9.17, 15) is 9.18 Å². The minimum absolute atomic E-state index is 0.0537. The van der Waals surface area contributed by atoms with Crippen LogP contribution in [0.5, 0.6) is 0 Å². The smallest absolute Gasteiger partial charge is 0.255 e. The highest BCUT2D eigenvalue weighted by Crippen LogP contribution is 2.20. The number of carbonyl (C=O) groups is 1. The van der Waals surface area contributed by atoms with E-state index in [1.807, 2.05) is 0 Å². The van der Waals surface area contributed by atoms with Crippen molar-refractivity contribution in [3.63, 3.8) is 0 Å². The molecule has 18 heavy (non-hydrogen) atoms. The molecule has 0 atom stereocenters. The standard InChI is InChI=1S/C12H9ClFN3O/c13-9-6-8(1-2-10(9)14)17-12(18)7-3-4-16-11(15)5-7/h1-6H,(H2,15,16)(H,17,18). The van der Waals surface area contributed by atoms with Crippen molar-refractivity contribution in [2.45, 2.75) is 0 Å². The number of rotatable bonds is 2. The molecule has 3 N–H and O–H groups in total. The second-order valence-corrected chi connectivity index (χ2v) is 3.96. The summed E-state index contributed by atoms with van der Waals surface area (Å²) in [6.07, 6.45) is 1.43. The fraction of sp³-hybridized carbons (Fsp3) is 0. The summed E-state index contributed by atoms with van der Waals surface area (Å²) in [6, 6.07) is 6.90. The molecule has 0 spiro atoms. The van der Waals surface area contributed by atoms with Gasteiger partial charge in [-0.15, -0.1) is 0 Å². The number of nitrogens with two attached hydrogens (primary N) is 1. The van der Waals surface area contributed by atoms with Crippen molar-refractivity contribution in [1.29, 1.82) is 0 Å². The van der Waals surface area contributed by atoms with Gasteiger partial charge in [-0.25, -0.2) is 9.37 Å². The number of nitrogens with zero attached hydrogens (tertiary/aromatic N) is 1.